The summed E-state index contributed by atoms with van der Waals surface area (Å²) in [6, 6.07) is 7.57. The number of rotatable bonds is 7. The number of ketones is 1. The van der Waals surface area contributed by atoms with Gasteiger partial charge in [-0.05, 0) is 44.9 Å². The summed E-state index contributed by atoms with van der Waals surface area (Å²) in [5, 5.41) is 10.7. The minimum atomic E-state index is -0.474. The zero-order valence-corrected chi connectivity index (χ0v) is 14.9. The first-order valence-electron chi connectivity index (χ1n) is 8.64. The summed E-state index contributed by atoms with van der Waals surface area (Å²) in [6.45, 7) is 5.37. The van der Waals surface area contributed by atoms with Gasteiger partial charge in [0.1, 0.15) is 5.75 Å². The van der Waals surface area contributed by atoms with Gasteiger partial charge in [0.25, 0.3) is 5.69 Å². The molecule has 138 valence electrons. The maximum absolute atomic E-state index is 12.5. The van der Waals surface area contributed by atoms with Crippen molar-refractivity contribution in [1.82, 2.24) is 4.57 Å². The normalized spacial score (nSPS) is 16.6. The molecule has 26 heavy (non-hydrogen) atoms. The Morgan fingerprint density at radius 1 is 1.35 bits per heavy atom. The smallest absolute Gasteiger partial charge is 0.269 e. The van der Waals surface area contributed by atoms with E-state index >= 15 is 0 Å². The largest absolute Gasteiger partial charge is 0.485 e. The minimum Gasteiger partial charge on any atom is -0.485 e. The second-order valence-corrected chi connectivity index (χ2v) is 6.49. The lowest BCUT2D eigenvalue weighted by molar-refractivity contribution is -0.384. The average molecular weight is 358 g/mol. The summed E-state index contributed by atoms with van der Waals surface area (Å²) in [7, 11) is 0. The molecular formula is C19H22N2O5. The van der Waals surface area contributed by atoms with Gasteiger partial charge in [0.2, 0.25) is 5.78 Å². The molecule has 0 radical (unpaired) electrons. The van der Waals surface area contributed by atoms with E-state index in [2.05, 4.69) is 4.57 Å². The van der Waals surface area contributed by atoms with Crippen LogP contribution in [0.1, 0.15) is 34.6 Å². The van der Waals surface area contributed by atoms with E-state index in [1.807, 2.05) is 19.9 Å². The Balaban J connectivity index is 1.65. The van der Waals surface area contributed by atoms with Crippen molar-refractivity contribution in [3.8, 4) is 5.75 Å². The fraction of sp³-hybridized carbons (Fsp3) is 0.421. The lowest BCUT2D eigenvalue weighted by Gasteiger charge is -2.14. The Labute approximate surface area is 151 Å². The highest BCUT2D eigenvalue weighted by atomic mass is 16.6. The lowest BCUT2D eigenvalue weighted by atomic mass is 10.1. The fourth-order valence-corrected chi connectivity index (χ4v) is 3.25. The molecule has 2 heterocycles. The van der Waals surface area contributed by atoms with Crippen LogP contribution in [0.25, 0.3) is 0 Å². The predicted octanol–water partition coefficient (Wildman–Crippen LogP) is 3.45. The highest BCUT2D eigenvalue weighted by molar-refractivity contribution is 5.98. The molecule has 2 aromatic rings. The van der Waals surface area contributed by atoms with Crippen molar-refractivity contribution in [3.63, 3.8) is 0 Å². The summed E-state index contributed by atoms with van der Waals surface area (Å²) >= 11 is 0. The van der Waals surface area contributed by atoms with Crippen molar-refractivity contribution in [2.24, 2.45) is 0 Å². The van der Waals surface area contributed by atoms with Crippen LogP contribution < -0.4 is 4.74 Å². The monoisotopic (exact) mass is 358 g/mol. The van der Waals surface area contributed by atoms with Crippen LogP contribution in [0.4, 0.5) is 5.69 Å². The van der Waals surface area contributed by atoms with Crippen molar-refractivity contribution < 1.29 is 19.2 Å². The highest BCUT2D eigenvalue weighted by Crippen LogP contribution is 2.22. The molecule has 1 aliphatic heterocycles. The zero-order chi connectivity index (χ0) is 18.7. The first-order valence-corrected chi connectivity index (χ1v) is 8.64. The maximum atomic E-state index is 12.5. The van der Waals surface area contributed by atoms with E-state index in [9.17, 15) is 14.9 Å². The summed E-state index contributed by atoms with van der Waals surface area (Å²) in [5.74, 6) is 0.312. The van der Waals surface area contributed by atoms with Crippen LogP contribution in [-0.4, -0.2) is 34.6 Å². The number of nitro benzene ring substituents is 1. The quantitative estimate of drug-likeness (QED) is 0.430. The van der Waals surface area contributed by atoms with Crippen molar-refractivity contribution >= 4 is 11.5 Å². The number of carbonyl (C=O) groups is 1. The second-order valence-electron chi connectivity index (χ2n) is 6.49. The number of ether oxygens (including phenoxy) is 2. The molecule has 3 rings (SSSR count). The molecule has 7 nitrogen and oxygen atoms in total. The van der Waals surface area contributed by atoms with Crippen LogP contribution in [0.15, 0.2) is 30.3 Å². The van der Waals surface area contributed by atoms with Gasteiger partial charge in [-0.1, -0.05) is 0 Å². The van der Waals surface area contributed by atoms with Crippen molar-refractivity contribution in [1.29, 1.82) is 0 Å². The van der Waals surface area contributed by atoms with Gasteiger partial charge in [-0.15, -0.1) is 0 Å². The van der Waals surface area contributed by atoms with Gasteiger partial charge in [-0.25, -0.2) is 0 Å². The number of hydrogen-bond acceptors (Lipinski definition) is 5. The molecule has 0 spiro atoms. The van der Waals surface area contributed by atoms with E-state index < -0.39 is 4.92 Å². The first kappa shape index (κ1) is 18.1. The summed E-state index contributed by atoms with van der Waals surface area (Å²) in [4.78, 5) is 22.7. The molecule has 0 bridgehead atoms. The van der Waals surface area contributed by atoms with Crippen LogP contribution in [0.2, 0.25) is 0 Å². The number of hydrogen-bond donors (Lipinski definition) is 0. The van der Waals surface area contributed by atoms with E-state index in [0.29, 0.717) is 11.3 Å². The number of nitrogens with zero attached hydrogens (tertiary/aromatic N) is 2. The zero-order valence-electron chi connectivity index (χ0n) is 14.9. The van der Waals surface area contributed by atoms with Gasteiger partial charge >= 0.3 is 0 Å². The van der Waals surface area contributed by atoms with Crippen LogP contribution in [0.3, 0.4) is 0 Å². The first-order chi connectivity index (χ1) is 12.5. The van der Waals surface area contributed by atoms with E-state index in [0.717, 1.165) is 37.4 Å². The maximum Gasteiger partial charge on any atom is 0.269 e. The molecule has 0 aliphatic carbocycles. The van der Waals surface area contributed by atoms with Crippen LogP contribution in [0.5, 0.6) is 5.75 Å². The third-order valence-electron chi connectivity index (χ3n) is 4.70. The second kappa shape index (κ2) is 7.70. The molecule has 0 N–H and O–H groups in total. The molecule has 1 aliphatic rings. The summed E-state index contributed by atoms with van der Waals surface area (Å²) < 4.78 is 13.3. The number of carbonyl (C=O) groups excluding carboxylic acids is 1. The number of aromatic nitrogens is 1. The standard InChI is InChI=1S/C19H22N2O5/c1-13-10-18(14(2)20(13)11-17-4-3-9-25-17)19(22)12-26-16-7-5-15(6-8-16)21(23)24/h5-8,10,17H,3-4,9,11-12H2,1-2H3. The molecule has 0 amide bonds. The number of nitro groups is 1. The molecule has 0 saturated carbocycles. The number of non-ortho nitro benzene ring substituents is 1. The SMILES string of the molecule is Cc1cc(C(=O)COc2ccc([N+](=O)[O-])cc2)c(C)n1CC1CCCO1. The highest BCUT2D eigenvalue weighted by Gasteiger charge is 2.21. The Kier molecular flexibility index (Phi) is 5.37. The molecule has 7 heteroatoms. The van der Waals surface area contributed by atoms with Gasteiger partial charge < -0.3 is 14.0 Å². The molecule has 1 saturated heterocycles. The Bertz CT molecular complexity index is 804. The molecule has 1 fully saturated rings. The third-order valence-corrected chi connectivity index (χ3v) is 4.70. The average Bonchev–Trinajstić information content (AvgIpc) is 3.24. The van der Waals surface area contributed by atoms with Gasteiger partial charge in [0.05, 0.1) is 11.0 Å². The Morgan fingerprint density at radius 3 is 2.69 bits per heavy atom. The topological polar surface area (TPSA) is 83.6 Å². The molecular weight excluding hydrogens is 336 g/mol. The van der Waals surface area contributed by atoms with E-state index in [4.69, 9.17) is 9.47 Å². The van der Waals surface area contributed by atoms with Crippen molar-refractivity contribution in [3.05, 3.63) is 57.4 Å². The van der Waals surface area contributed by atoms with E-state index in [1.165, 1.54) is 24.3 Å². The van der Waals surface area contributed by atoms with Gasteiger partial charge in [0, 0.05) is 42.2 Å². The molecule has 1 aromatic carbocycles. The summed E-state index contributed by atoms with van der Waals surface area (Å²) in [5.41, 5.74) is 2.57. The van der Waals surface area contributed by atoms with Crippen LogP contribution >= 0.6 is 0 Å². The number of benzene rings is 1. The number of aryl methyl sites for hydroxylation is 1. The third kappa shape index (κ3) is 3.94. The summed E-state index contributed by atoms with van der Waals surface area (Å²) in [6.07, 6.45) is 2.33. The fourth-order valence-electron chi connectivity index (χ4n) is 3.25. The molecule has 1 aromatic heterocycles. The molecule has 1 unspecified atom stereocenters. The molecule has 1 atom stereocenters. The van der Waals surface area contributed by atoms with E-state index in [-0.39, 0.29) is 24.2 Å². The van der Waals surface area contributed by atoms with Gasteiger partial charge in [-0.2, -0.15) is 0 Å². The Hall–Kier alpha value is -2.67. The Morgan fingerprint density at radius 2 is 2.08 bits per heavy atom. The van der Waals surface area contributed by atoms with Gasteiger partial charge in [0.15, 0.2) is 6.61 Å². The van der Waals surface area contributed by atoms with E-state index in [1.54, 1.807) is 0 Å². The van der Waals surface area contributed by atoms with Crippen molar-refractivity contribution in [2.45, 2.75) is 39.3 Å². The lowest BCUT2D eigenvalue weighted by Crippen LogP contribution is -2.18. The van der Waals surface area contributed by atoms with Crippen LogP contribution in [0, 0.1) is 24.0 Å². The van der Waals surface area contributed by atoms with Gasteiger partial charge in [-0.3, -0.25) is 14.9 Å². The predicted molar refractivity (Wildman–Crippen MR) is 95.8 cm³/mol. The number of Topliss-reactive ketones (excluding diaryl/α,β-unsaturated/α-hetero) is 1. The van der Waals surface area contributed by atoms with Crippen LogP contribution in [-0.2, 0) is 11.3 Å². The minimum absolute atomic E-state index is 0.0126. The van der Waals surface area contributed by atoms with Crippen molar-refractivity contribution in [2.75, 3.05) is 13.2 Å².